The molecule has 0 unspecified atom stereocenters. The fraction of sp³-hybridized carbons (Fsp3) is 0.692. The third-order valence-electron chi connectivity index (χ3n) is 9.75. The molecule has 8 amide bonds. The number of carbonyl (C=O) groups excluding carboxylic acids is 8. The van der Waals surface area contributed by atoms with Crippen LogP contribution in [-0.4, -0.2) is 167 Å². The number of nitrogens with two attached hydrogens (primary N) is 6. The van der Waals surface area contributed by atoms with Crippen molar-refractivity contribution in [2.24, 2.45) is 50.3 Å². The van der Waals surface area contributed by atoms with E-state index in [9.17, 15) is 63.3 Å². The van der Waals surface area contributed by atoms with Gasteiger partial charge in [-0.05, 0) is 78.2 Å². The van der Waals surface area contributed by atoms with E-state index in [4.69, 9.17) is 34.4 Å². The minimum absolute atomic E-state index is 0.00125. The number of aliphatic carboxylic acids is 2. The molecular weight excluding hydrogens is 901 g/mol. The minimum Gasteiger partial charge on any atom is -0.481 e. The highest BCUT2D eigenvalue weighted by molar-refractivity contribution is 5.98. The Labute approximate surface area is 393 Å². The molecule has 0 saturated heterocycles. The second kappa shape index (κ2) is 31.9. The van der Waals surface area contributed by atoms with Gasteiger partial charge >= 0.3 is 11.9 Å². The first kappa shape index (κ1) is 61.1. The number of nitrogens with zero attached hydrogens (tertiary/aromatic N) is 2. The van der Waals surface area contributed by atoms with Crippen LogP contribution in [0.4, 0.5) is 0 Å². The Bertz CT molecular complexity index is 1790. The largest absolute Gasteiger partial charge is 0.481 e. The number of amides is 8. The van der Waals surface area contributed by atoms with Crippen LogP contribution in [0.5, 0.6) is 0 Å². The number of carbonyl (C=O) groups is 10. The number of carboxylic acids is 2. The lowest BCUT2D eigenvalue weighted by Gasteiger charge is -2.29. The van der Waals surface area contributed by atoms with E-state index in [0.29, 0.717) is 12.8 Å². The van der Waals surface area contributed by atoms with Crippen molar-refractivity contribution < 1.29 is 63.3 Å². The number of unbranched alkanes of at least 4 members (excludes halogenated alkanes) is 1. The van der Waals surface area contributed by atoms with E-state index >= 15 is 0 Å². The van der Waals surface area contributed by atoms with Crippen LogP contribution in [0.15, 0.2) is 9.98 Å². The molecule has 0 saturated carbocycles. The zero-order chi connectivity index (χ0) is 52.3. The predicted molar refractivity (Wildman–Crippen MR) is 245 cm³/mol. The van der Waals surface area contributed by atoms with Crippen LogP contribution in [-0.2, 0) is 47.9 Å². The van der Waals surface area contributed by atoms with Gasteiger partial charge < -0.3 is 92.3 Å². The summed E-state index contributed by atoms with van der Waals surface area (Å²) in [5, 5.41) is 48.8. The van der Waals surface area contributed by atoms with Gasteiger partial charge in [0, 0.05) is 13.1 Å². The predicted octanol–water partition coefficient (Wildman–Crippen LogP) is -7.30. The first-order valence-electron chi connectivity index (χ1n) is 21.8. The highest BCUT2D eigenvalue weighted by Gasteiger charge is 2.36. The lowest BCUT2D eigenvalue weighted by Crippen LogP contribution is -2.62. The molecule has 23 N–H and O–H groups in total. The molecule has 0 aromatic heterocycles. The van der Waals surface area contributed by atoms with Crippen molar-refractivity contribution in [3.63, 3.8) is 0 Å². The van der Waals surface area contributed by atoms with Crippen LogP contribution in [0.25, 0.3) is 0 Å². The maximum Gasteiger partial charge on any atom is 0.326 e. The number of hydrogen-bond donors (Lipinski definition) is 17. The number of hydrogen-bond acceptors (Lipinski definition) is 15. The molecule has 0 spiro atoms. The van der Waals surface area contributed by atoms with Crippen molar-refractivity contribution in [1.29, 1.82) is 0 Å². The normalized spacial score (nSPS) is 14.8. The second-order valence-corrected chi connectivity index (χ2v) is 16.0. The molecule has 0 aliphatic heterocycles. The van der Waals surface area contributed by atoms with Gasteiger partial charge in [-0.3, -0.25) is 53.1 Å². The third kappa shape index (κ3) is 24.6. The van der Waals surface area contributed by atoms with Gasteiger partial charge in [0.2, 0.25) is 47.3 Å². The maximum absolute atomic E-state index is 13.8. The van der Waals surface area contributed by atoms with Crippen molar-refractivity contribution in [3.05, 3.63) is 0 Å². The van der Waals surface area contributed by atoms with Crippen molar-refractivity contribution in [2.45, 2.75) is 140 Å². The Morgan fingerprint density at radius 1 is 0.485 bits per heavy atom. The molecule has 0 fully saturated rings. The Kier molecular flexibility index (Phi) is 28.7. The summed E-state index contributed by atoms with van der Waals surface area (Å²) in [4.78, 5) is 137. The van der Waals surface area contributed by atoms with Crippen LogP contribution in [0, 0.1) is 5.92 Å². The van der Waals surface area contributed by atoms with Gasteiger partial charge in [-0.1, -0.05) is 13.8 Å². The number of aliphatic hydroxyl groups is 1. The molecule has 0 aliphatic carbocycles. The highest BCUT2D eigenvalue weighted by Crippen LogP contribution is 2.09. The second-order valence-electron chi connectivity index (χ2n) is 16.0. The van der Waals surface area contributed by atoms with E-state index < -0.39 is 133 Å². The molecule has 386 valence electrons. The van der Waals surface area contributed by atoms with E-state index in [1.54, 1.807) is 13.8 Å². The standard InChI is InChI=1S/C39H72N16O13/c1-18(2)28(35(65)52-24(37(67)68)12-9-15-47-39(44)45)54-36(66)29(21(5)56)55-33(63)23(11-8-14-46-38(42)43)51-31(61)20(4)49-34(64)25(16-27(58)59)53-32(62)22(10-6-7-13-40)50-30(60)19(3)48-26(57)17-41/h18-25,28-29,56H,6-17,40-41H2,1-5H3,(H,48,57)(H,49,64)(H,50,60)(H,51,61)(H,52,65)(H,53,62)(H,54,66)(H,55,63)(H,58,59)(H,67,68)(H4,42,43,46)(H4,44,45,47)/t19-,20-,21+,22-,23-,24-,25-,28-,29-/m0/s1. The van der Waals surface area contributed by atoms with Gasteiger partial charge in [0.25, 0.3) is 0 Å². The fourth-order valence-corrected chi connectivity index (χ4v) is 5.99. The average molecular weight is 973 g/mol. The van der Waals surface area contributed by atoms with Gasteiger partial charge in [-0.2, -0.15) is 0 Å². The van der Waals surface area contributed by atoms with E-state index in [1.807, 2.05) is 0 Å². The first-order valence-corrected chi connectivity index (χ1v) is 21.8. The van der Waals surface area contributed by atoms with Crippen molar-refractivity contribution in [2.75, 3.05) is 26.2 Å². The summed E-state index contributed by atoms with van der Waals surface area (Å²) < 4.78 is 0. The molecule has 0 aromatic rings. The summed E-state index contributed by atoms with van der Waals surface area (Å²) in [5.41, 5.74) is 32.2. The summed E-state index contributed by atoms with van der Waals surface area (Å²) in [5.74, 6) is -11.6. The van der Waals surface area contributed by atoms with Gasteiger partial charge in [0.05, 0.1) is 19.1 Å². The quantitative estimate of drug-likeness (QED) is 0.0165. The van der Waals surface area contributed by atoms with Gasteiger partial charge in [0.1, 0.15) is 48.3 Å². The molecule has 0 aliphatic rings. The van der Waals surface area contributed by atoms with Crippen molar-refractivity contribution in [1.82, 2.24) is 42.5 Å². The third-order valence-corrected chi connectivity index (χ3v) is 9.75. The minimum atomic E-state index is -1.80. The van der Waals surface area contributed by atoms with Crippen LogP contribution in [0.2, 0.25) is 0 Å². The molecule has 0 radical (unpaired) electrons. The van der Waals surface area contributed by atoms with E-state index in [-0.39, 0.29) is 63.7 Å². The number of carboxylic acid groups (broad SMARTS) is 2. The van der Waals surface area contributed by atoms with Crippen LogP contribution in [0.3, 0.4) is 0 Å². The summed E-state index contributed by atoms with van der Waals surface area (Å²) in [6.45, 7) is 6.64. The molecule has 29 nitrogen and oxygen atoms in total. The van der Waals surface area contributed by atoms with Crippen LogP contribution < -0.4 is 76.9 Å². The molecule has 0 bridgehead atoms. The zero-order valence-electron chi connectivity index (χ0n) is 39.0. The summed E-state index contributed by atoms with van der Waals surface area (Å²) in [7, 11) is 0. The van der Waals surface area contributed by atoms with Crippen molar-refractivity contribution >= 4 is 71.1 Å². The molecule has 68 heavy (non-hydrogen) atoms. The Morgan fingerprint density at radius 2 is 0.897 bits per heavy atom. The molecule has 0 heterocycles. The highest BCUT2D eigenvalue weighted by atomic mass is 16.4. The maximum atomic E-state index is 13.8. The first-order chi connectivity index (χ1) is 31.7. The number of aliphatic imine (C=N–C) groups is 2. The number of guanidine groups is 2. The summed E-state index contributed by atoms with van der Waals surface area (Å²) >= 11 is 0. The SMILES string of the molecule is CC(C)[C@H](NC(=O)[C@@H](NC(=O)[C@H](CCCN=C(N)N)NC(=O)[C@H](C)NC(=O)[C@H](CC(=O)O)NC(=O)[C@H](CCCCN)NC(=O)[C@H](C)NC(=O)CN)[C@@H](C)O)C(=O)N[C@@H](CCCN=C(N)N)C(=O)O. The molecule has 29 heteroatoms. The van der Waals surface area contributed by atoms with Crippen molar-refractivity contribution in [3.8, 4) is 0 Å². The molecular formula is C39H72N16O13. The average Bonchev–Trinajstić information content (AvgIpc) is 3.24. The monoisotopic (exact) mass is 973 g/mol. The zero-order valence-corrected chi connectivity index (χ0v) is 39.0. The lowest BCUT2D eigenvalue weighted by atomic mass is 10.0. The Morgan fingerprint density at radius 3 is 1.34 bits per heavy atom. The number of rotatable bonds is 33. The van der Waals surface area contributed by atoms with E-state index in [0.717, 1.165) is 6.92 Å². The van der Waals surface area contributed by atoms with Gasteiger partial charge in [0.15, 0.2) is 11.9 Å². The molecule has 0 rings (SSSR count). The Hall–Kier alpha value is -6.88. The van der Waals surface area contributed by atoms with Crippen LogP contribution >= 0.6 is 0 Å². The molecule has 9 atom stereocenters. The van der Waals surface area contributed by atoms with E-state index in [1.165, 1.54) is 13.8 Å². The lowest BCUT2D eigenvalue weighted by molar-refractivity contribution is -0.143. The smallest absolute Gasteiger partial charge is 0.326 e. The topological polar surface area (TPSA) is 508 Å². The Balaban J connectivity index is 6.30. The summed E-state index contributed by atoms with van der Waals surface area (Å²) in [6.07, 6.45) is -1.85. The fourth-order valence-electron chi connectivity index (χ4n) is 5.99. The number of aliphatic hydroxyl groups excluding tert-OH is 1. The summed E-state index contributed by atoms with van der Waals surface area (Å²) in [6, 6.07) is -11.8. The molecule has 0 aromatic carbocycles. The van der Waals surface area contributed by atoms with Gasteiger partial charge in [-0.15, -0.1) is 0 Å². The van der Waals surface area contributed by atoms with E-state index in [2.05, 4.69) is 52.5 Å². The van der Waals surface area contributed by atoms with Gasteiger partial charge in [-0.25, -0.2) is 4.79 Å². The van der Waals surface area contributed by atoms with Crippen LogP contribution in [0.1, 0.15) is 86.0 Å². The number of nitrogens with one attached hydrogen (secondary N) is 8.